The van der Waals surface area contributed by atoms with E-state index in [1.165, 1.54) is 6.42 Å². The smallest absolute Gasteiger partial charge is 0.211 e. The van der Waals surface area contributed by atoms with Crippen LogP contribution in [0.25, 0.3) is 0 Å². The van der Waals surface area contributed by atoms with Crippen LogP contribution in [0.5, 0.6) is 0 Å². The molecule has 1 aromatic heterocycles. The number of oxazole rings is 1. The van der Waals surface area contributed by atoms with Gasteiger partial charge in [-0.2, -0.15) is 0 Å². The molecule has 0 bridgehead atoms. The van der Waals surface area contributed by atoms with Gasteiger partial charge >= 0.3 is 0 Å². The summed E-state index contributed by atoms with van der Waals surface area (Å²) in [6.07, 6.45) is 2.38. The van der Waals surface area contributed by atoms with E-state index in [9.17, 15) is 0 Å². The third-order valence-electron chi connectivity index (χ3n) is 2.40. The Labute approximate surface area is 72.2 Å². The van der Waals surface area contributed by atoms with E-state index >= 15 is 0 Å². The van der Waals surface area contributed by atoms with Crippen LogP contribution in [-0.2, 0) is 0 Å². The molecule has 1 aliphatic heterocycles. The van der Waals surface area contributed by atoms with Gasteiger partial charge in [0.05, 0.1) is 11.7 Å². The van der Waals surface area contributed by atoms with Gasteiger partial charge in [-0.05, 0) is 33.2 Å². The predicted octanol–water partition coefficient (Wildman–Crippen LogP) is 1.72. The molecule has 1 saturated heterocycles. The highest BCUT2D eigenvalue weighted by Crippen LogP contribution is 2.23. The molecule has 1 atom stereocenters. The van der Waals surface area contributed by atoms with Gasteiger partial charge in [-0.25, -0.2) is 4.98 Å². The molecule has 2 heterocycles. The molecule has 2 rings (SSSR count). The van der Waals surface area contributed by atoms with E-state index in [4.69, 9.17) is 4.42 Å². The molecule has 3 nitrogen and oxygen atoms in total. The number of nitrogens with zero attached hydrogens (tertiary/aromatic N) is 1. The van der Waals surface area contributed by atoms with Gasteiger partial charge in [-0.3, -0.25) is 0 Å². The molecule has 1 aromatic rings. The van der Waals surface area contributed by atoms with Crippen molar-refractivity contribution >= 4 is 0 Å². The average molecular weight is 166 g/mol. The Morgan fingerprint density at radius 1 is 1.50 bits per heavy atom. The summed E-state index contributed by atoms with van der Waals surface area (Å²) in [5.41, 5.74) is 1.01. The van der Waals surface area contributed by atoms with Crippen LogP contribution >= 0.6 is 0 Å². The molecule has 0 amide bonds. The second-order valence-electron chi connectivity index (χ2n) is 3.34. The van der Waals surface area contributed by atoms with E-state index in [2.05, 4.69) is 10.3 Å². The molecule has 1 aliphatic rings. The van der Waals surface area contributed by atoms with Crippen molar-refractivity contribution < 1.29 is 4.42 Å². The Morgan fingerprint density at radius 3 is 2.83 bits per heavy atom. The van der Waals surface area contributed by atoms with Gasteiger partial charge in [-0.15, -0.1) is 0 Å². The summed E-state index contributed by atoms with van der Waals surface area (Å²) in [6.45, 7) is 5.03. The van der Waals surface area contributed by atoms with Crippen molar-refractivity contribution in [3.05, 3.63) is 17.3 Å². The van der Waals surface area contributed by atoms with Crippen LogP contribution in [0.15, 0.2) is 4.42 Å². The van der Waals surface area contributed by atoms with Crippen LogP contribution in [0.3, 0.4) is 0 Å². The van der Waals surface area contributed by atoms with Crippen molar-refractivity contribution in [1.82, 2.24) is 10.3 Å². The van der Waals surface area contributed by atoms with Crippen molar-refractivity contribution in [2.24, 2.45) is 0 Å². The zero-order valence-electron chi connectivity index (χ0n) is 7.55. The zero-order valence-corrected chi connectivity index (χ0v) is 7.55. The average Bonchev–Trinajstić information content (AvgIpc) is 2.61. The van der Waals surface area contributed by atoms with Gasteiger partial charge in [0.15, 0.2) is 0 Å². The van der Waals surface area contributed by atoms with Crippen LogP contribution < -0.4 is 5.32 Å². The molecular weight excluding hydrogens is 152 g/mol. The van der Waals surface area contributed by atoms with Gasteiger partial charge < -0.3 is 9.73 Å². The van der Waals surface area contributed by atoms with E-state index in [1.54, 1.807) is 0 Å². The molecule has 66 valence electrons. The molecule has 1 N–H and O–H groups in total. The minimum absolute atomic E-state index is 0.359. The van der Waals surface area contributed by atoms with E-state index in [0.717, 1.165) is 30.3 Å². The Kier molecular flexibility index (Phi) is 1.89. The number of aromatic nitrogens is 1. The predicted molar refractivity (Wildman–Crippen MR) is 46.0 cm³/mol. The highest BCUT2D eigenvalue weighted by atomic mass is 16.4. The van der Waals surface area contributed by atoms with Crippen LogP contribution in [0.1, 0.15) is 36.2 Å². The summed E-state index contributed by atoms with van der Waals surface area (Å²) in [6, 6.07) is 0.359. The minimum Gasteiger partial charge on any atom is -0.444 e. The van der Waals surface area contributed by atoms with E-state index < -0.39 is 0 Å². The number of nitrogens with one attached hydrogen (secondary N) is 1. The Morgan fingerprint density at radius 2 is 2.33 bits per heavy atom. The molecule has 1 fully saturated rings. The molecule has 0 saturated carbocycles. The fraction of sp³-hybridized carbons (Fsp3) is 0.667. The van der Waals surface area contributed by atoms with E-state index in [1.807, 2.05) is 13.8 Å². The summed E-state index contributed by atoms with van der Waals surface area (Å²) in [4.78, 5) is 4.36. The van der Waals surface area contributed by atoms with Gasteiger partial charge in [0.1, 0.15) is 5.76 Å². The molecule has 0 radical (unpaired) electrons. The van der Waals surface area contributed by atoms with E-state index in [0.29, 0.717) is 6.04 Å². The summed E-state index contributed by atoms with van der Waals surface area (Å²) < 4.78 is 5.52. The molecule has 3 heteroatoms. The lowest BCUT2D eigenvalue weighted by Gasteiger charge is -2.02. The van der Waals surface area contributed by atoms with Crippen LogP contribution in [-0.4, -0.2) is 11.5 Å². The number of hydrogen-bond donors (Lipinski definition) is 1. The maximum absolute atomic E-state index is 5.52. The molecule has 12 heavy (non-hydrogen) atoms. The zero-order chi connectivity index (χ0) is 8.55. The summed E-state index contributed by atoms with van der Waals surface area (Å²) in [7, 11) is 0. The molecular formula is C9H14N2O. The van der Waals surface area contributed by atoms with Gasteiger partial charge in [-0.1, -0.05) is 0 Å². The second kappa shape index (κ2) is 2.90. The van der Waals surface area contributed by atoms with Gasteiger partial charge in [0.25, 0.3) is 0 Å². The lowest BCUT2D eigenvalue weighted by atomic mass is 10.2. The summed E-state index contributed by atoms with van der Waals surface area (Å²) in [5, 5.41) is 3.36. The van der Waals surface area contributed by atoms with Crippen LogP contribution in [0, 0.1) is 13.8 Å². The van der Waals surface area contributed by atoms with Crippen molar-refractivity contribution in [1.29, 1.82) is 0 Å². The topological polar surface area (TPSA) is 38.1 Å². The first-order valence-corrected chi connectivity index (χ1v) is 4.44. The quantitative estimate of drug-likeness (QED) is 0.690. The fourth-order valence-corrected chi connectivity index (χ4v) is 1.54. The molecule has 0 spiro atoms. The minimum atomic E-state index is 0.359. The fourth-order valence-electron chi connectivity index (χ4n) is 1.54. The highest BCUT2D eigenvalue weighted by molar-refractivity contribution is 5.08. The lowest BCUT2D eigenvalue weighted by Crippen LogP contribution is -2.12. The van der Waals surface area contributed by atoms with Crippen molar-refractivity contribution in [2.75, 3.05) is 6.54 Å². The Bertz CT molecular complexity index is 255. The Balaban J connectivity index is 2.21. The first kappa shape index (κ1) is 7.80. The first-order valence-electron chi connectivity index (χ1n) is 4.44. The SMILES string of the molecule is Cc1nc([C@@H]2CCCN2)oc1C. The highest BCUT2D eigenvalue weighted by Gasteiger charge is 2.21. The maximum Gasteiger partial charge on any atom is 0.211 e. The third kappa shape index (κ3) is 1.25. The summed E-state index contributed by atoms with van der Waals surface area (Å²) >= 11 is 0. The number of hydrogen-bond acceptors (Lipinski definition) is 3. The Hall–Kier alpha value is -0.830. The molecule has 0 unspecified atom stereocenters. The van der Waals surface area contributed by atoms with Crippen molar-refractivity contribution in [3.63, 3.8) is 0 Å². The first-order chi connectivity index (χ1) is 5.77. The second-order valence-corrected chi connectivity index (χ2v) is 3.34. The normalized spacial score (nSPS) is 23.3. The van der Waals surface area contributed by atoms with Crippen molar-refractivity contribution in [3.8, 4) is 0 Å². The van der Waals surface area contributed by atoms with Crippen LogP contribution in [0.4, 0.5) is 0 Å². The maximum atomic E-state index is 5.52. The monoisotopic (exact) mass is 166 g/mol. The largest absolute Gasteiger partial charge is 0.444 e. The van der Waals surface area contributed by atoms with Crippen LogP contribution in [0.2, 0.25) is 0 Å². The molecule has 0 aromatic carbocycles. The molecule has 0 aliphatic carbocycles. The standard InChI is InChI=1S/C9H14N2O/c1-6-7(2)12-9(11-6)8-4-3-5-10-8/h8,10H,3-5H2,1-2H3/t8-/m0/s1. The summed E-state index contributed by atoms with van der Waals surface area (Å²) in [5.74, 6) is 1.81. The number of rotatable bonds is 1. The number of aryl methyl sites for hydroxylation is 2. The lowest BCUT2D eigenvalue weighted by molar-refractivity contribution is 0.414. The van der Waals surface area contributed by atoms with Crippen molar-refractivity contribution in [2.45, 2.75) is 32.7 Å². The van der Waals surface area contributed by atoms with Gasteiger partial charge in [0.2, 0.25) is 5.89 Å². The van der Waals surface area contributed by atoms with Gasteiger partial charge in [0, 0.05) is 0 Å². The van der Waals surface area contributed by atoms with E-state index in [-0.39, 0.29) is 0 Å². The third-order valence-corrected chi connectivity index (χ3v) is 2.40.